The summed E-state index contributed by atoms with van der Waals surface area (Å²) in [5.41, 5.74) is 0.947. The Balaban J connectivity index is 2.15. The molecule has 0 unspecified atom stereocenters. The number of likely N-dealkylation sites (N-methyl/N-ethyl adjacent to an activating group) is 1. The van der Waals surface area contributed by atoms with Crippen molar-refractivity contribution in [2.24, 2.45) is 0 Å². The van der Waals surface area contributed by atoms with Crippen molar-refractivity contribution in [2.45, 2.75) is 26.8 Å². The maximum absolute atomic E-state index is 5.15. The molecule has 0 aliphatic heterocycles. The Morgan fingerprint density at radius 3 is 2.87 bits per heavy atom. The molecule has 1 aromatic rings. The van der Waals surface area contributed by atoms with Gasteiger partial charge in [0.25, 0.3) is 0 Å². The molecule has 0 atom stereocenters. The molecule has 15 heavy (non-hydrogen) atoms. The SMILES string of the molecule is CCCNCCN(C)Cc1cc(C)no1. The van der Waals surface area contributed by atoms with Crippen molar-refractivity contribution in [2.75, 3.05) is 26.7 Å². The summed E-state index contributed by atoms with van der Waals surface area (Å²) in [6, 6.07) is 1.98. The minimum atomic E-state index is 0.828. The number of nitrogens with zero attached hydrogens (tertiary/aromatic N) is 2. The van der Waals surface area contributed by atoms with Gasteiger partial charge in [0.2, 0.25) is 0 Å². The van der Waals surface area contributed by atoms with Crippen LogP contribution in [0.5, 0.6) is 0 Å². The lowest BCUT2D eigenvalue weighted by atomic mass is 10.3. The Morgan fingerprint density at radius 2 is 2.27 bits per heavy atom. The maximum Gasteiger partial charge on any atom is 0.150 e. The highest BCUT2D eigenvalue weighted by Crippen LogP contribution is 2.04. The van der Waals surface area contributed by atoms with E-state index in [0.717, 1.165) is 37.6 Å². The zero-order chi connectivity index (χ0) is 11.1. The van der Waals surface area contributed by atoms with Gasteiger partial charge in [-0.25, -0.2) is 0 Å². The predicted octanol–water partition coefficient (Wildman–Crippen LogP) is 1.41. The standard InChI is InChI=1S/C11H21N3O/c1-4-5-12-6-7-14(3)9-11-8-10(2)13-15-11/h8,12H,4-7,9H2,1-3H3. The molecule has 0 aliphatic carbocycles. The van der Waals surface area contributed by atoms with Gasteiger partial charge < -0.3 is 9.84 Å². The third-order valence-electron chi connectivity index (χ3n) is 2.20. The molecule has 0 bridgehead atoms. The van der Waals surface area contributed by atoms with Crippen LogP contribution in [0, 0.1) is 6.92 Å². The molecule has 4 nitrogen and oxygen atoms in total. The van der Waals surface area contributed by atoms with Crippen molar-refractivity contribution in [3.63, 3.8) is 0 Å². The molecule has 1 N–H and O–H groups in total. The minimum absolute atomic E-state index is 0.828. The highest BCUT2D eigenvalue weighted by Gasteiger charge is 2.04. The maximum atomic E-state index is 5.15. The summed E-state index contributed by atoms with van der Waals surface area (Å²) in [4.78, 5) is 2.22. The van der Waals surface area contributed by atoms with Crippen LogP contribution in [0.2, 0.25) is 0 Å². The lowest BCUT2D eigenvalue weighted by molar-refractivity contribution is 0.271. The zero-order valence-electron chi connectivity index (χ0n) is 9.92. The van der Waals surface area contributed by atoms with Gasteiger partial charge in [-0.3, -0.25) is 4.90 Å². The van der Waals surface area contributed by atoms with Gasteiger partial charge in [0, 0.05) is 19.2 Å². The molecule has 86 valence electrons. The molecular weight excluding hydrogens is 190 g/mol. The van der Waals surface area contributed by atoms with Gasteiger partial charge in [-0.2, -0.15) is 0 Å². The Hall–Kier alpha value is -0.870. The largest absolute Gasteiger partial charge is 0.360 e. The van der Waals surface area contributed by atoms with Crippen LogP contribution in [0.15, 0.2) is 10.6 Å². The second-order valence-electron chi connectivity index (χ2n) is 3.92. The summed E-state index contributed by atoms with van der Waals surface area (Å²) in [7, 11) is 2.09. The van der Waals surface area contributed by atoms with E-state index >= 15 is 0 Å². The van der Waals surface area contributed by atoms with Crippen LogP contribution in [0.4, 0.5) is 0 Å². The normalized spacial score (nSPS) is 11.2. The van der Waals surface area contributed by atoms with Gasteiger partial charge in [0.15, 0.2) is 5.76 Å². The molecular formula is C11H21N3O. The molecule has 4 heteroatoms. The lowest BCUT2D eigenvalue weighted by Crippen LogP contribution is -2.29. The summed E-state index contributed by atoms with van der Waals surface area (Å²) < 4.78 is 5.15. The number of aromatic nitrogens is 1. The van der Waals surface area contributed by atoms with E-state index in [-0.39, 0.29) is 0 Å². The topological polar surface area (TPSA) is 41.3 Å². The van der Waals surface area contributed by atoms with Gasteiger partial charge in [-0.05, 0) is 26.9 Å². The van der Waals surface area contributed by atoms with Crippen LogP contribution in [-0.4, -0.2) is 36.7 Å². The fourth-order valence-corrected chi connectivity index (χ4v) is 1.41. The van der Waals surface area contributed by atoms with Gasteiger partial charge >= 0.3 is 0 Å². The van der Waals surface area contributed by atoms with Crippen molar-refractivity contribution < 1.29 is 4.52 Å². The minimum Gasteiger partial charge on any atom is -0.360 e. The quantitative estimate of drug-likeness (QED) is 0.692. The van der Waals surface area contributed by atoms with E-state index in [2.05, 4.69) is 29.3 Å². The van der Waals surface area contributed by atoms with E-state index in [1.54, 1.807) is 0 Å². The fourth-order valence-electron chi connectivity index (χ4n) is 1.41. The Kier molecular flexibility index (Phi) is 5.36. The number of aryl methyl sites for hydroxylation is 1. The van der Waals surface area contributed by atoms with Gasteiger partial charge in [0.05, 0.1) is 12.2 Å². The summed E-state index contributed by atoms with van der Waals surface area (Å²) in [5, 5.41) is 7.23. The molecule has 0 radical (unpaired) electrons. The molecule has 0 amide bonds. The molecule has 0 aromatic carbocycles. The van der Waals surface area contributed by atoms with E-state index in [1.807, 2.05) is 13.0 Å². The average molecular weight is 211 g/mol. The molecule has 0 spiro atoms. The van der Waals surface area contributed by atoms with Crippen LogP contribution >= 0.6 is 0 Å². The number of hydrogen-bond donors (Lipinski definition) is 1. The molecule has 1 rings (SSSR count). The van der Waals surface area contributed by atoms with Crippen molar-refractivity contribution in [3.8, 4) is 0 Å². The summed E-state index contributed by atoms with van der Waals surface area (Å²) in [6.07, 6.45) is 1.19. The zero-order valence-corrected chi connectivity index (χ0v) is 9.92. The van der Waals surface area contributed by atoms with E-state index in [4.69, 9.17) is 4.52 Å². The predicted molar refractivity (Wildman–Crippen MR) is 60.7 cm³/mol. The molecule has 0 saturated carbocycles. The fraction of sp³-hybridized carbons (Fsp3) is 0.727. The van der Waals surface area contributed by atoms with Crippen molar-refractivity contribution in [1.29, 1.82) is 0 Å². The van der Waals surface area contributed by atoms with Crippen LogP contribution in [0.3, 0.4) is 0 Å². The van der Waals surface area contributed by atoms with Crippen LogP contribution in [-0.2, 0) is 6.54 Å². The van der Waals surface area contributed by atoms with Crippen molar-refractivity contribution in [3.05, 3.63) is 17.5 Å². The van der Waals surface area contributed by atoms with Gasteiger partial charge in [-0.15, -0.1) is 0 Å². The Morgan fingerprint density at radius 1 is 1.47 bits per heavy atom. The molecule has 0 saturated heterocycles. The smallest absolute Gasteiger partial charge is 0.150 e. The number of hydrogen-bond acceptors (Lipinski definition) is 4. The first-order valence-electron chi connectivity index (χ1n) is 5.54. The summed E-state index contributed by atoms with van der Waals surface area (Å²) in [6.45, 7) is 8.09. The van der Waals surface area contributed by atoms with E-state index < -0.39 is 0 Å². The second kappa shape index (κ2) is 6.58. The molecule has 1 heterocycles. The average Bonchev–Trinajstić information content (AvgIpc) is 2.59. The second-order valence-corrected chi connectivity index (χ2v) is 3.92. The highest BCUT2D eigenvalue weighted by atomic mass is 16.5. The first kappa shape index (κ1) is 12.2. The van der Waals surface area contributed by atoms with E-state index in [0.29, 0.717) is 0 Å². The van der Waals surface area contributed by atoms with E-state index in [1.165, 1.54) is 6.42 Å². The molecule has 0 fully saturated rings. The first-order chi connectivity index (χ1) is 7.22. The highest BCUT2D eigenvalue weighted by molar-refractivity contribution is 5.02. The van der Waals surface area contributed by atoms with Crippen LogP contribution in [0.25, 0.3) is 0 Å². The van der Waals surface area contributed by atoms with Crippen LogP contribution < -0.4 is 5.32 Å². The Bertz CT molecular complexity index is 273. The third kappa shape index (κ3) is 4.95. The number of rotatable bonds is 7. The van der Waals surface area contributed by atoms with Crippen LogP contribution in [0.1, 0.15) is 24.8 Å². The first-order valence-corrected chi connectivity index (χ1v) is 5.54. The summed E-state index contributed by atoms with van der Waals surface area (Å²) in [5.74, 6) is 0.936. The number of nitrogens with one attached hydrogen (secondary N) is 1. The van der Waals surface area contributed by atoms with Crippen molar-refractivity contribution >= 4 is 0 Å². The van der Waals surface area contributed by atoms with Crippen molar-refractivity contribution in [1.82, 2.24) is 15.4 Å². The monoisotopic (exact) mass is 211 g/mol. The third-order valence-corrected chi connectivity index (χ3v) is 2.20. The molecule has 1 aromatic heterocycles. The molecule has 0 aliphatic rings. The van der Waals surface area contributed by atoms with Gasteiger partial charge in [0.1, 0.15) is 0 Å². The summed E-state index contributed by atoms with van der Waals surface area (Å²) >= 11 is 0. The lowest BCUT2D eigenvalue weighted by Gasteiger charge is -2.14. The van der Waals surface area contributed by atoms with Gasteiger partial charge in [-0.1, -0.05) is 12.1 Å². The van der Waals surface area contributed by atoms with E-state index in [9.17, 15) is 0 Å². The Labute approximate surface area is 91.6 Å².